The first kappa shape index (κ1) is 12.6. The number of thiophene rings is 1. The van der Waals surface area contributed by atoms with E-state index < -0.39 is 15.9 Å². The van der Waals surface area contributed by atoms with Gasteiger partial charge in [0.2, 0.25) is 5.91 Å². The summed E-state index contributed by atoms with van der Waals surface area (Å²) in [6.07, 6.45) is 0. The van der Waals surface area contributed by atoms with Gasteiger partial charge in [-0.15, -0.1) is 16.2 Å². The van der Waals surface area contributed by atoms with Crippen molar-refractivity contribution in [2.45, 2.75) is 18.7 Å². The van der Waals surface area contributed by atoms with Crippen molar-refractivity contribution in [3.8, 4) is 0 Å². The Balaban J connectivity index is 2.96. The Bertz CT molecular complexity index is 480. The summed E-state index contributed by atoms with van der Waals surface area (Å²) in [6.45, 7) is 2.91. The molecule has 0 aliphatic carbocycles. The normalized spacial score (nSPS) is 11.4. The molecule has 1 rings (SSSR count). The monoisotopic (exact) mass is 312 g/mol. The molecule has 0 atom stereocenters. The zero-order valence-electron chi connectivity index (χ0n) is 8.00. The van der Waals surface area contributed by atoms with Gasteiger partial charge >= 0.3 is 0 Å². The van der Waals surface area contributed by atoms with E-state index in [1.807, 2.05) is 10.3 Å². The van der Waals surface area contributed by atoms with Crippen LogP contribution in [-0.4, -0.2) is 14.3 Å². The summed E-state index contributed by atoms with van der Waals surface area (Å²) < 4.78 is 24.0. The molecule has 2 N–H and O–H groups in total. The van der Waals surface area contributed by atoms with Gasteiger partial charge < -0.3 is 0 Å². The lowest BCUT2D eigenvalue weighted by Gasteiger charge is -2.05. The molecular formula is C7H9BrN2O3S2. The molecule has 1 heterocycles. The van der Waals surface area contributed by atoms with Gasteiger partial charge in [0.25, 0.3) is 10.0 Å². The second-order valence-electron chi connectivity index (χ2n) is 2.76. The van der Waals surface area contributed by atoms with Crippen molar-refractivity contribution >= 4 is 43.2 Å². The summed E-state index contributed by atoms with van der Waals surface area (Å²) >= 11 is 4.51. The number of hydrogen-bond acceptors (Lipinski definition) is 4. The molecule has 0 fully saturated rings. The van der Waals surface area contributed by atoms with Crippen LogP contribution < -0.4 is 10.3 Å². The molecule has 0 saturated carbocycles. The lowest BCUT2D eigenvalue weighted by molar-refractivity contribution is -0.119. The molecule has 5 nitrogen and oxygen atoms in total. The summed E-state index contributed by atoms with van der Waals surface area (Å²) in [5, 5.41) is 0. The maximum atomic E-state index is 11.6. The molecule has 0 saturated heterocycles. The van der Waals surface area contributed by atoms with Gasteiger partial charge in [0.15, 0.2) is 0 Å². The average Bonchev–Trinajstić information content (AvgIpc) is 2.43. The van der Waals surface area contributed by atoms with Crippen LogP contribution in [0.15, 0.2) is 14.7 Å². The van der Waals surface area contributed by atoms with E-state index in [0.717, 1.165) is 3.79 Å². The zero-order chi connectivity index (χ0) is 11.6. The van der Waals surface area contributed by atoms with Crippen molar-refractivity contribution in [2.75, 3.05) is 0 Å². The number of hydrazine groups is 1. The first-order valence-corrected chi connectivity index (χ1v) is 6.96. The second kappa shape index (κ2) is 4.60. The third kappa shape index (κ3) is 3.26. The van der Waals surface area contributed by atoms with E-state index in [2.05, 4.69) is 15.9 Å². The Morgan fingerprint density at radius 1 is 1.53 bits per heavy atom. The van der Waals surface area contributed by atoms with Crippen molar-refractivity contribution in [1.29, 1.82) is 0 Å². The highest BCUT2D eigenvalue weighted by Gasteiger charge is 2.19. The first-order valence-electron chi connectivity index (χ1n) is 3.87. The average molecular weight is 313 g/mol. The molecule has 1 aromatic rings. The predicted molar refractivity (Wildman–Crippen MR) is 60.9 cm³/mol. The van der Waals surface area contributed by atoms with Gasteiger partial charge in [0, 0.05) is 11.8 Å². The minimum absolute atomic E-state index is 0.160. The summed E-state index contributed by atoms with van der Waals surface area (Å²) in [7, 11) is -3.67. The van der Waals surface area contributed by atoms with Gasteiger partial charge in [-0.2, -0.15) is 0 Å². The highest BCUT2D eigenvalue weighted by Crippen LogP contribution is 2.29. The zero-order valence-corrected chi connectivity index (χ0v) is 11.2. The number of amides is 1. The fourth-order valence-corrected chi connectivity index (χ4v) is 4.20. The highest BCUT2D eigenvalue weighted by molar-refractivity contribution is 9.11. The Hall–Kier alpha value is -0.440. The van der Waals surface area contributed by atoms with Crippen LogP contribution in [0.5, 0.6) is 0 Å². The molecule has 1 amide bonds. The van der Waals surface area contributed by atoms with Crippen LogP contribution >= 0.6 is 27.3 Å². The third-order valence-corrected chi connectivity index (χ3v) is 4.55. The molecule has 0 unspecified atom stereocenters. The van der Waals surface area contributed by atoms with E-state index in [9.17, 15) is 13.2 Å². The minimum atomic E-state index is -3.67. The Morgan fingerprint density at radius 3 is 2.53 bits per heavy atom. The predicted octanol–water partition coefficient (Wildman–Crippen LogP) is 1.15. The number of halogens is 1. The number of sulfonamides is 1. The number of rotatable bonds is 3. The van der Waals surface area contributed by atoms with Crippen LogP contribution in [0.2, 0.25) is 0 Å². The van der Waals surface area contributed by atoms with E-state index >= 15 is 0 Å². The van der Waals surface area contributed by atoms with Crippen LogP contribution in [0.25, 0.3) is 0 Å². The fourth-order valence-electron chi connectivity index (χ4n) is 0.892. The Kier molecular flexibility index (Phi) is 3.87. The van der Waals surface area contributed by atoms with Gasteiger partial charge in [-0.3, -0.25) is 10.2 Å². The van der Waals surface area contributed by atoms with Gasteiger partial charge in [-0.25, -0.2) is 8.42 Å². The second-order valence-corrected chi connectivity index (χ2v) is 7.04. The maximum absolute atomic E-state index is 11.6. The number of hydrogen-bond donors (Lipinski definition) is 2. The van der Waals surface area contributed by atoms with Crippen LogP contribution in [0, 0.1) is 6.92 Å². The van der Waals surface area contributed by atoms with Crippen molar-refractivity contribution in [1.82, 2.24) is 10.3 Å². The summed E-state index contributed by atoms with van der Waals surface area (Å²) in [5.41, 5.74) is 2.03. The van der Waals surface area contributed by atoms with Crippen molar-refractivity contribution in [3.05, 3.63) is 14.7 Å². The van der Waals surface area contributed by atoms with Crippen molar-refractivity contribution < 1.29 is 13.2 Å². The van der Waals surface area contributed by atoms with Crippen LogP contribution in [0.4, 0.5) is 0 Å². The molecule has 0 radical (unpaired) electrons. The van der Waals surface area contributed by atoms with Gasteiger partial charge in [0.1, 0.15) is 0 Å². The third-order valence-electron chi connectivity index (χ3n) is 1.49. The smallest absolute Gasteiger partial charge is 0.258 e. The molecular weight excluding hydrogens is 304 g/mol. The topological polar surface area (TPSA) is 75.3 Å². The molecule has 8 heteroatoms. The molecule has 84 valence electrons. The number of aryl methyl sites for hydroxylation is 1. The molecule has 0 spiro atoms. The fraction of sp³-hybridized carbons (Fsp3) is 0.286. The first-order chi connectivity index (χ1) is 6.83. The molecule has 0 bridgehead atoms. The lowest BCUT2D eigenvalue weighted by Crippen LogP contribution is -2.40. The van der Waals surface area contributed by atoms with Crippen LogP contribution in [0.3, 0.4) is 0 Å². The minimum Gasteiger partial charge on any atom is -0.278 e. The highest BCUT2D eigenvalue weighted by atomic mass is 79.9. The van der Waals surface area contributed by atoms with Crippen molar-refractivity contribution in [2.24, 2.45) is 0 Å². The maximum Gasteiger partial charge on any atom is 0.258 e. The van der Waals surface area contributed by atoms with E-state index in [-0.39, 0.29) is 4.90 Å². The summed E-state index contributed by atoms with van der Waals surface area (Å²) in [6, 6.07) is 1.49. The molecule has 0 aromatic carbocycles. The number of carbonyl (C=O) groups is 1. The van der Waals surface area contributed by atoms with Crippen LogP contribution in [0.1, 0.15) is 11.8 Å². The largest absolute Gasteiger partial charge is 0.278 e. The molecule has 1 aromatic heterocycles. The van der Waals surface area contributed by atoms with Crippen molar-refractivity contribution in [3.63, 3.8) is 0 Å². The van der Waals surface area contributed by atoms with Crippen LogP contribution in [-0.2, 0) is 14.8 Å². The standard InChI is InChI=1S/C7H9BrN2O3S2/c1-4-6(3-7(8)14-4)15(12,13)10-9-5(2)11/h3,10H,1-2H3,(H,9,11). The van der Waals surface area contributed by atoms with E-state index in [1.54, 1.807) is 6.92 Å². The Labute approximate surface area is 100 Å². The molecule has 0 aliphatic heterocycles. The van der Waals surface area contributed by atoms with E-state index in [4.69, 9.17) is 0 Å². The SMILES string of the molecule is CC(=O)NNS(=O)(=O)c1cc(Br)sc1C. The lowest BCUT2D eigenvalue weighted by atomic mass is 10.5. The molecule has 15 heavy (non-hydrogen) atoms. The van der Waals surface area contributed by atoms with Gasteiger partial charge in [-0.05, 0) is 28.9 Å². The van der Waals surface area contributed by atoms with Gasteiger partial charge in [0.05, 0.1) is 8.68 Å². The number of carbonyl (C=O) groups excluding carboxylic acids is 1. The quantitative estimate of drug-likeness (QED) is 0.822. The summed E-state index contributed by atoms with van der Waals surface area (Å²) in [4.78, 5) is 13.4. The Morgan fingerprint density at radius 2 is 2.13 bits per heavy atom. The summed E-state index contributed by atoms with van der Waals surface area (Å²) in [5.74, 6) is -0.467. The van der Waals surface area contributed by atoms with Gasteiger partial charge in [-0.1, -0.05) is 0 Å². The van der Waals surface area contributed by atoms with E-state index in [0.29, 0.717) is 4.88 Å². The number of nitrogens with one attached hydrogen (secondary N) is 2. The molecule has 0 aliphatic rings. The van der Waals surface area contributed by atoms with E-state index in [1.165, 1.54) is 24.3 Å².